The molecule has 4 rings (SSSR count). The third-order valence-corrected chi connectivity index (χ3v) is 5.79. The van der Waals surface area contributed by atoms with Gasteiger partial charge in [-0.15, -0.1) is 11.8 Å². The number of amides is 2. The topological polar surface area (TPSA) is 58.6 Å². The maximum atomic E-state index is 12.4. The minimum absolute atomic E-state index is 0.108. The van der Waals surface area contributed by atoms with E-state index in [9.17, 15) is 9.59 Å². The predicted molar refractivity (Wildman–Crippen MR) is 115 cm³/mol. The van der Waals surface area contributed by atoms with Crippen LogP contribution < -0.4 is 10.1 Å². The average molecular weight is 404 g/mol. The zero-order valence-corrected chi connectivity index (χ0v) is 16.5. The number of anilines is 1. The van der Waals surface area contributed by atoms with Gasteiger partial charge in [0.15, 0.2) is 0 Å². The highest BCUT2D eigenvalue weighted by molar-refractivity contribution is 8.00. The maximum absolute atomic E-state index is 12.4. The average Bonchev–Trinajstić information content (AvgIpc) is 3.10. The van der Waals surface area contributed by atoms with E-state index in [0.717, 1.165) is 11.1 Å². The molecule has 6 heteroatoms. The lowest BCUT2D eigenvalue weighted by molar-refractivity contribution is -0.128. The van der Waals surface area contributed by atoms with Gasteiger partial charge < -0.3 is 9.64 Å². The van der Waals surface area contributed by atoms with Crippen LogP contribution >= 0.6 is 11.8 Å². The SMILES string of the molecule is O=C(Nc1ccccc1)Oc1cccc([C@H]2SCC(=O)N2Cc2ccccc2)c1. The zero-order chi connectivity index (χ0) is 20.1. The Balaban J connectivity index is 1.47. The van der Waals surface area contributed by atoms with Gasteiger partial charge in [-0.3, -0.25) is 10.1 Å². The van der Waals surface area contributed by atoms with E-state index in [1.54, 1.807) is 30.0 Å². The zero-order valence-electron chi connectivity index (χ0n) is 15.7. The van der Waals surface area contributed by atoms with Crippen LogP contribution in [0.15, 0.2) is 84.9 Å². The van der Waals surface area contributed by atoms with Crippen LogP contribution in [0.2, 0.25) is 0 Å². The Morgan fingerprint density at radius 1 is 1.00 bits per heavy atom. The number of para-hydroxylation sites is 1. The largest absolute Gasteiger partial charge is 0.417 e. The van der Waals surface area contributed by atoms with Crippen LogP contribution in [0.5, 0.6) is 5.75 Å². The van der Waals surface area contributed by atoms with Crippen molar-refractivity contribution in [2.24, 2.45) is 0 Å². The monoisotopic (exact) mass is 404 g/mol. The molecule has 1 heterocycles. The van der Waals surface area contributed by atoms with Gasteiger partial charge >= 0.3 is 6.09 Å². The Morgan fingerprint density at radius 2 is 1.72 bits per heavy atom. The van der Waals surface area contributed by atoms with E-state index in [-0.39, 0.29) is 11.3 Å². The molecule has 3 aromatic carbocycles. The Labute approximate surface area is 173 Å². The number of carbonyl (C=O) groups is 2. The highest BCUT2D eigenvalue weighted by atomic mass is 32.2. The van der Waals surface area contributed by atoms with Crippen molar-refractivity contribution in [3.05, 3.63) is 96.1 Å². The quantitative estimate of drug-likeness (QED) is 0.645. The minimum Gasteiger partial charge on any atom is -0.410 e. The lowest BCUT2D eigenvalue weighted by Crippen LogP contribution is -2.27. The molecule has 29 heavy (non-hydrogen) atoms. The Hall–Kier alpha value is -3.25. The van der Waals surface area contributed by atoms with E-state index >= 15 is 0 Å². The summed E-state index contributed by atoms with van der Waals surface area (Å²) in [5.41, 5.74) is 2.68. The highest BCUT2D eigenvalue weighted by Gasteiger charge is 2.33. The van der Waals surface area contributed by atoms with Crippen molar-refractivity contribution in [3.8, 4) is 5.75 Å². The molecule has 0 unspecified atom stereocenters. The third kappa shape index (κ3) is 4.78. The van der Waals surface area contributed by atoms with Gasteiger partial charge in [0.2, 0.25) is 5.91 Å². The molecule has 1 fully saturated rings. The van der Waals surface area contributed by atoms with E-state index in [1.807, 2.05) is 71.6 Å². The number of benzene rings is 3. The van der Waals surface area contributed by atoms with Crippen LogP contribution in [0, 0.1) is 0 Å². The second-order valence-corrected chi connectivity index (χ2v) is 7.69. The molecule has 0 bridgehead atoms. The second-order valence-electron chi connectivity index (χ2n) is 6.62. The van der Waals surface area contributed by atoms with E-state index < -0.39 is 6.09 Å². The summed E-state index contributed by atoms with van der Waals surface area (Å²) >= 11 is 1.58. The predicted octanol–water partition coefficient (Wildman–Crippen LogP) is 5.07. The molecule has 0 spiro atoms. The Bertz CT molecular complexity index is 995. The Kier molecular flexibility index (Phi) is 5.81. The molecule has 1 aliphatic heterocycles. The lowest BCUT2D eigenvalue weighted by Gasteiger charge is -2.24. The van der Waals surface area contributed by atoms with Gasteiger partial charge in [0.25, 0.3) is 0 Å². The van der Waals surface area contributed by atoms with Gasteiger partial charge in [-0.25, -0.2) is 4.79 Å². The molecule has 5 nitrogen and oxygen atoms in total. The van der Waals surface area contributed by atoms with Crippen LogP contribution in [0.25, 0.3) is 0 Å². The molecular formula is C23H20N2O3S. The van der Waals surface area contributed by atoms with Crippen molar-refractivity contribution in [2.75, 3.05) is 11.1 Å². The third-order valence-electron chi connectivity index (χ3n) is 4.54. The van der Waals surface area contributed by atoms with Crippen LogP contribution in [-0.4, -0.2) is 22.7 Å². The smallest absolute Gasteiger partial charge is 0.410 e. The van der Waals surface area contributed by atoms with Gasteiger partial charge in [0.1, 0.15) is 11.1 Å². The van der Waals surface area contributed by atoms with Crippen LogP contribution in [0.4, 0.5) is 10.5 Å². The first kappa shape index (κ1) is 19.1. The minimum atomic E-state index is -0.551. The van der Waals surface area contributed by atoms with Crippen molar-refractivity contribution in [1.82, 2.24) is 4.90 Å². The second kappa shape index (κ2) is 8.84. The number of nitrogens with one attached hydrogen (secondary N) is 1. The van der Waals surface area contributed by atoms with E-state index in [1.165, 1.54) is 0 Å². The number of hydrogen-bond donors (Lipinski definition) is 1. The molecule has 1 N–H and O–H groups in total. The number of hydrogen-bond acceptors (Lipinski definition) is 4. The van der Waals surface area contributed by atoms with Crippen molar-refractivity contribution >= 4 is 29.4 Å². The van der Waals surface area contributed by atoms with E-state index in [2.05, 4.69) is 5.32 Å². The van der Waals surface area contributed by atoms with E-state index in [0.29, 0.717) is 23.7 Å². The van der Waals surface area contributed by atoms with E-state index in [4.69, 9.17) is 4.74 Å². The molecule has 1 atom stereocenters. The van der Waals surface area contributed by atoms with Crippen molar-refractivity contribution in [2.45, 2.75) is 11.9 Å². The highest BCUT2D eigenvalue weighted by Crippen LogP contribution is 2.40. The van der Waals surface area contributed by atoms with Crippen LogP contribution in [0.1, 0.15) is 16.5 Å². The normalized spacial score (nSPS) is 15.9. The molecule has 1 saturated heterocycles. The molecule has 0 aliphatic carbocycles. The van der Waals surface area contributed by atoms with Gasteiger partial charge in [0, 0.05) is 12.2 Å². The van der Waals surface area contributed by atoms with Gasteiger partial charge in [-0.05, 0) is 35.4 Å². The first-order valence-corrected chi connectivity index (χ1v) is 10.3. The summed E-state index contributed by atoms with van der Waals surface area (Å²) in [5, 5.41) is 2.59. The molecule has 1 aliphatic rings. The number of ether oxygens (including phenoxy) is 1. The summed E-state index contributed by atoms with van der Waals surface area (Å²) in [7, 11) is 0. The summed E-state index contributed by atoms with van der Waals surface area (Å²) in [6, 6.07) is 26.4. The summed E-state index contributed by atoms with van der Waals surface area (Å²) in [6.07, 6.45) is -0.551. The van der Waals surface area contributed by atoms with Gasteiger partial charge in [-0.1, -0.05) is 60.7 Å². The van der Waals surface area contributed by atoms with Crippen molar-refractivity contribution < 1.29 is 14.3 Å². The Morgan fingerprint density at radius 3 is 2.48 bits per heavy atom. The molecule has 3 aromatic rings. The molecule has 0 radical (unpaired) electrons. The number of nitrogens with zero attached hydrogens (tertiary/aromatic N) is 1. The fraction of sp³-hybridized carbons (Fsp3) is 0.130. The standard InChI is InChI=1S/C23H20N2O3S/c26-21-16-29-22(25(21)15-17-8-3-1-4-9-17)18-10-7-13-20(14-18)28-23(27)24-19-11-5-2-6-12-19/h1-14,22H,15-16H2,(H,24,27)/t22-/m1/s1. The maximum Gasteiger partial charge on any atom is 0.417 e. The van der Waals surface area contributed by atoms with Gasteiger partial charge in [-0.2, -0.15) is 0 Å². The van der Waals surface area contributed by atoms with Crippen LogP contribution in [0.3, 0.4) is 0 Å². The molecular weight excluding hydrogens is 384 g/mol. The fourth-order valence-electron chi connectivity index (χ4n) is 3.18. The molecule has 146 valence electrons. The van der Waals surface area contributed by atoms with Crippen molar-refractivity contribution in [1.29, 1.82) is 0 Å². The first-order chi connectivity index (χ1) is 14.2. The molecule has 0 saturated carbocycles. The fourth-order valence-corrected chi connectivity index (χ4v) is 4.36. The number of thioether (sulfide) groups is 1. The number of carbonyl (C=O) groups excluding carboxylic acids is 2. The lowest BCUT2D eigenvalue weighted by atomic mass is 10.1. The first-order valence-electron chi connectivity index (χ1n) is 9.28. The summed E-state index contributed by atoms with van der Waals surface area (Å²) < 4.78 is 5.44. The summed E-state index contributed by atoms with van der Waals surface area (Å²) in [4.78, 5) is 26.5. The number of rotatable bonds is 5. The summed E-state index contributed by atoms with van der Waals surface area (Å²) in [5.74, 6) is 0.990. The molecule has 2 amide bonds. The van der Waals surface area contributed by atoms with Crippen LogP contribution in [-0.2, 0) is 11.3 Å². The van der Waals surface area contributed by atoms with Gasteiger partial charge in [0.05, 0.1) is 5.75 Å². The van der Waals surface area contributed by atoms with Crippen molar-refractivity contribution in [3.63, 3.8) is 0 Å². The molecule has 0 aromatic heterocycles. The summed E-state index contributed by atoms with van der Waals surface area (Å²) in [6.45, 7) is 0.552.